The summed E-state index contributed by atoms with van der Waals surface area (Å²) in [4.78, 5) is 72.5. The van der Waals surface area contributed by atoms with Crippen molar-refractivity contribution in [2.24, 2.45) is 11.8 Å². The molecule has 3 N–H and O–H groups in total. The van der Waals surface area contributed by atoms with E-state index in [1.165, 1.54) is 186 Å². The zero-order valence-corrected chi connectivity index (χ0v) is 60.9. The van der Waals surface area contributed by atoms with E-state index in [4.69, 9.17) is 37.0 Å². The van der Waals surface area contributed by atoms with Gasteiger partial charge in [-0.05, 0) is 37.5 Å². The number of aliphatic hydroxyl groups is 1. The number of esters is 4. The van der Waals surface area contributed by atoms with Crippen LogP contribution < -0.4 is 0 Å². The topological polar surface area (TPSA) is 237 Å². The molecule has 0 saturated heterocycles. The molecule has 91 heavy (non-hydrogen) atoms. The zero-order valence-electron chi connectivity index (χ0n) is 59.1. The van der Waals surface area contributed by atoms with E-state index in [0.717, 1.165) is 95.8 Å². The third kappa shape index (κ3) is 65.1. The first-order valence-electron chi connectivity index (χ1n) is 37.5. The van der Waals surface area contributed by atoms with Gasteiger partial charge in [-0.25, -0.2) is 9.13 Å². The van der Waals surface area contributed by atoms with Crippen molar-refractivity contribution >= 4 is 39.5 Å². The average molecular weight is 1340 g/mol. The normalized spacial score (nSPS) is 14.4. The van der Waals surface area contributed by atoms with Crippen molar-refractivity contribution in [3.05, 3.63) is 0 Å². The summed E-state index contributed by atoms with van der Waals surface area (Å²) >= 11 is 0. The van der Waals surface area contributed by atoms with Crippen LogP contribution in [0.5, 0.6) is 0 Å². The van der Waals surface area contributed by atoms with E-state index in [0.29, 0.717) is 31.6 Å². The highest BCUT2D eigenvalue weighted by molar-refractivity contribution is 7.47. The number of rotatable bonds is 71. The lowest BCUT2D eigenvalue weighted by Gasteiger charge is -2.21. The van der Waals surface area contributed by atoms with Crippen molar-refractivity contribution in [3.8, 4) is 0 Å². The van der Waals surface area contributed by atoms with Crippen LogP contribution in [0.1, 0.15) is 369 Å². The lowest BCUT2D eigenvalue weighted by molar-refractivity contribution is -0.161. The van der Waals surface area contributed by atoms with E-state index in [1.807, 2.05) is 0 Å². The Bertz CT molecular complexity index is 1770. The Morgan fingerprint density at radius 2 is 0.560 bits per heavy atom. The van der Waals surface area contributed by atoms with Gasteiger partial charge in [-0.1, -0.05) is 318 Å². The summed E-state index contributed by atoms with van der Waals surface area (Å²) in [5.74, 6) is -0.682. The van der Waals surface area contributed by atoms with E-state index >= 15 is 0 Å². The van der Waals surface area contributed by atoms with Crippen molar-refractivity contribution < 1.29 is 80.2 Å². The van der Waals surface area contributed by atoms with Gasteiger partial charge in [0, 0.05) is 25.7 Å². The van der Waals surface area contributed by atoms with Gasteiger partial charge in [-0.3, -0.25) is 37.3 Å². The lowest BCUT2D eigenvalue weighted by atomic mass is 9.99. The number of hydrogen-bond donors (Lipinski definition) is 3. The van der Waals surface area contributed by atoms with Gasteiger partial charge < -0.3 is 33.8 Å². The molecule has 0 bridgehead atoms. The summed E-state index contributed by atoms with van der Waals surface area (Å²) in [6, 6.07) is 0. The number of carbonyl (C=O) groups excluding carboxylic acids is 4. The third-order valence-corrected chi connectivity index (χ3v) is 19.0. The summed E-state index contributed by atoms with van der Waals surface area (Å²) < 4.78 is 68.2. The molecular weight excluding hydrogens is 1200 g/mol. The minimum Gasteiger partial charge on any atom is -0.462 e. The van der Waals surface area contributed by atoms with Gasteiger partial charge in [-0.2, -0.15) is 0 Å². The summed E-state index contributed by atoms with van der Waals surface area (Å²) in [7, 11) is -9.90. The Labute approximate surface area is 556 Å². The lowest BCUT2D eigenvalue weighted by Crippen LogP contribution is -2.30. The van der Waals surface area contributed by atoms with Crippen LogP contribution in [-0.2, 0) is 65.4 Å². The van der Waals surface area contributed by atoms with Gasteiger partial charge in [-0.15, -0.1) is 0 Å². The van der Waals surface area contributed by atoms with Crippen molar-refractivity contribution in [1.82, 2.24) is 0 Å². The van der Waals surface area contributed by atoms with Crippen LogP contribution in [-0.4, -0.2) is 96.7 Å². The fraction of sp³-hybridized carbons (Fsp3) is 0.944. The quantitative estimate of drug-likeness (QED) is 0.0222. The monoisotopic (exact) mass is 1340 g/mol. The van der Waals surface area contributed by atoms with Gasteiger partial charge in [0.05, 0.1) is 26.4 Å². The molecule has 0 radical (unpaired) electrons. The van der Waals surface area contributed by atoms with E-state index < -0.39 is 97.5 Å². The summed E-state index contributed by atoms with van der Waals surface area (Å²) in [6.45, 7) is 9.45. The van der Waals surface area contributed by atoms with Crippen LogP contribution in [0, 0.1) is 11.8 Å². The Kier molecular flexibility index (Phi) is 62.7. The molecule has 0 saturated carbocycles. The predicted octanol–water partition coefficient (Wildman–Crippen LogP) is 20.8. The average Bonchev–Trinajstić information content (AvgIpc) is 3.57. The second-order valence-electron chi connectivity index (χ2n) is 26.7. The second kappa shape index (κ2) is 64.1. The molecule has 0 aromatic carbocycles. The molecule has 19 heteroatoms. The van der Waals surface area contributed by atoms with E-state index in [2.05, 4.69) is 41.5 Å². The predicted molar refractivity (Wildman–Crippen MR) is 368 cm³/mol. The standard InChI is InChI=1S/C72H140O17P2/c1-7-10-12-14-16-18-19-20-21-22-23-24-25-26-27-28-29-31-37-44-50-56-71(76)88-67(60-83-70(75)55-49-43-36-33-32-34-41-47-53-65(6)9-3)62-86-90(78,79)84-58-66(73)59-85-91(80,81)87-63-68(89-72(77)57-51-45-39-38-40-46-52-64(4)5)61-82-69(74)54-48-42-35-30-17-15-13-11-8-2/h64-68,73H,7-63H2,1-6H3,(H,78,79)(H,80,81)/t65?,66-,67-,68-/m1/s1. The number of ether oxygens (including phenoxy) is 4. The molecule has 17 nitrogen and oxygen atoms in total. The molecule has 0 aliphatic rings. The van der Waals surface area contributed by atoms with Crippen molar-refractivity contribution in [2.75, 3.05) is 39.6 Å². The third-order valence-electron chi connectivity index (χ3n) is 17.1. The molecule has 540 valence electrons. The van der Waals surface area contributed by atoms with Crippen LogP contribution in [0.15, 0.2) is 0 Å². The molecule has 0 heterocycles. The second-order valence-corrected chi connectivity index (χ2v) is 29.6. The molecule has 6 atom stereocenters. The molecule has 0 fully saturated rings. The minimum absolute atomic E-state index is 0.102. The molecule has 3 unspecified atom stereocenters. The zero-order chi connectivity index (χ0) is 67.2. The van der Waals surface area contributed by atoms with E-state index in [9.17, 15) is 43.2 Å². The number of aliphatic hydroxyl groups excluding tert-OH is 1. The summed E-state index contributed by atoms with van der Waals surface area (Å²) in [5.41, 5.74) is 0. The molecule has 0 aliphatic heterocycles. The number of phosphoric ester groups is 2. The maximum absolute atomic E-state index is 13.0. The van der Waals surface area contributed by atoms with Gasteiger partial charge >= 0.3 is 39.5 Å². The molecule has 0 aliphatic carbocycles. The van der Waals surface area contributed by atoms with Gasteiger partial charge in [0.15, 0.2) is 12.2 Å². The van der Waals surface area contributed by atoms with Gasteiger partial charge in [0.25, 0.3) is 0 Å². The smallest absolute Gasteiger partial charge is 0.462 e. The highest BCUT2D eigenvalue weighted by Gasteiger charge is 2.30. The number of phosphoric acid groups is 2. The van der Waals surface area contributed by atoms with Crippen molar-refractivity contribution in [2.45, 2.75) is 387 Å². The number of unbranched alkanes of at least 4 members (excludes halogenated alkanes) is 40. The van der Waals surface area contributed by atoms with E-state index in [1.54, 1.807) is 0 Å². The van der Waals surface area contributed by atoms with Crippen molar-refractivity contribution in [3.63, 3.8) is 0 Å². The first kappa shape index (κ1) is 89.1. The van der Waals surface area contributed by atoms with Crippen LogP contribution in [0.2, 0.25) is 0 Å². The Hall–Kier alpha value is -1.94. The molecule has 0 rings (SSSR count). The number of hydrogen-bond acceptors (Lipinski definition) is 15. The highest BCUT2D eigenvalue weighted by atomic mass is 31.2. The maximum Gasteiger partial charge on any atom is 0.472 e. The largest absolute Gasteiger partial charge is 0.472 e. The van der Waals surface area contributed by atoms with Crippen LogP contribution in [0.4, 0.5) is 0 Å². The number of carbonyl (C=O) groups is 4. The molecular formula is C72H140O17P2. The Morgan fingerprint density at radius 3 is 0.835 bits per heavy atom. The Balaban J connectivity index is 5.16. The fourth-order valence-corrected chi connectivity index (χ4v) is 12.5. The summed E-state index contributed by atoms with van der Waals surface area (Å²) in [6.07, 6.45) is 50.3. The first-order valence-corrected chi connectivity index (χ1v) is 40.5. The summed E-state index contributed by atoms with van der Waals surface area (Å²) in [5, 5.41) is 10.6. The maximum atomic E-state index is 13.0. The Morgan fingerprint density at radius 1 is 0.319 bits per heavy atom. The first-order chi connectivity index (χ1) is 43.9. The SMILES string of the molecule is CCCCCCCCCCCCCCCCCCCCCCCC(=O)O[C@H](COC(=O)CCCCCCCCCCC(C)CC)COP(=O)(O)OC[C@@H](O)COP(=O)(O)OC[C@@H](COC(=O)CCCCCCCCCCC)OC(=O)CCCCCCCCC(C)C. The van der Waals surface area contributed by atoms with Gasteiger partial charge in [0.1, 0.15) is 19.3 Å². The molecule has 0 spiro atoms. The van der Waals surface area contributed by atoms with Crippen LogP contribution in [0.25, 0.3) is 0 Å². The molecule has 0 aromatic heterocycles. The fourth-order valence-electron chi connectivity index (χ4n) is 10.9. The minimum atomic E-state index is -4.95. The van der Waals surface area contributed by atoms with Crippen LogP contribution >= 0.6 is 15.6 Å². The molecule has 0 amide bonds. The van der Waals surface area contributed by atoms with Crippen LogP contribution in [0.3, 0.4) is 0 Å². The molecule has 0 aromatic rings. The van der Waals surface area contributed by atoms with Crippen molar-refractivity contribution in [1.29, 1.82) is 0 Å². The highest BCUT2D eigenvalue weighted by Crippen LogP contribution is 2.45. The van der Waals surface area contributed by atoms with Gasteiger partial charge in [0.2, 0.25) is 0 Å². The van der Waals surface area contributed by atoms with E-state index in [-0.39, 0.29) is 25.7 Å².